The maximum atomic E-state index is 13.0. The number of nitro benzene ring substituents is 1. The Balaban J connectivity index is 2.50. The Bertz CT molecular complexity index is 867. The molecular formula is C17H20N2O5S. The number of sulfonamides is 1. The van der Waals surface area contributed by atoms with Crippen molar-refractivity contribution >= 4 is 15.7 Å². The first kappa shape index (κ1) is 18.9. The van der Waals surface area contributed by atoms with Gasteiger partial charge in [0, 0.05) is 18.7 Å². The Morgan fingerprint density at radius 3 is 2.48 bits per heavy atom. The second-order valence-corrected chi connectivity index (χ2v) is 7.24. The lowest BCUT2D eigenvalue weighted by Crippen LogP contribution is -2.33. The number of ether oxygens (including phenoxy) is 1. The van der Waals surface area contributed by atoms with Crippen LogP contribution in [0, 0.1) is 10.1 Å². The summed E-state index contributed by atoms with van der Waals surface area (Å²) in [6, 6.07) is 11.9. The summed E-state index contributed by atoms with van der Waals surface area (Å²) < 4.78 is 32.5. The van der Waals surface area contributed by atoms with Gasteiger partial charge in [0.1, 0.15) is 5.75 Å². The topological polar surface area (TPSA) is 89.8 Å². The van der Waals surface area contributed by atoms with Gasteiger partial charge in [-0.25, -0.2) is 8.42 Å². The first-order valence-electron chi connectivity index (χ1n) is 7.72. The van der Waals surface area contributed by atoms with Crippen molar-refractivity contribution in [2.45, 2.75) is 24.8 Å². The van der Waals surface area contributed by atoms with E-state index in [1.807, 2.05) is 0 Å². The number of methoxy groups -OCH3 is 1. The first-order valence-corrected chi connectivity index (χ1v) is 9.16. The molecule has 0 bridgehead atoms. The summed E-state index contributed by atoms with van der Waals surface area (Å²) in [5, 5.41) is 11.2. The van der Waals surface area contributed by atoms with Crippen LogP contribution in [0.5, 0.6) is 5.75 Å². The number of nitrogens with zero attached hydrogens (tertiary/aromatic N) is 2. The van der Waals surface area contributed by atoms with Crippen molar-refractivity contribution in [3.8, 4) is 5.75 Å². The molecular weight excluding hydrogens is 344 g/mol. The van der Waals surface area contributed by atoms with Gasteiger partial charge in [-0.05, 0) is 30.7 Å². The summed E-state index contributed by atoms with van der Waals surface area (Å²) in [5.41, 5.74) is 0.308. The van der Waals surface area contributed by atoms with E-state index in [0.717, 1.165) is 5.56 Å². The summed E-state index contributed by atoms with van der Waals surface area (Å²) in [7, 11) is -2.51. The number of hydrogen-bond acceptors (Lipinski definition) is 5. The maximum Gasteiger partial charge on any atom is 0.289 e. The quantitative estimate of drug-likeness (QED) is 0.555. The van der Waals surface area contributed by atoms with E-state index in [9.17, 15) is 18.5 Å². The molecule has 0 saturated heterocycles. The molecule has 8 heteroatoms. The molecule has 0 aliphatic rings. The van der Waals surface area contributed by atoms with E-state index in [4.69, 9.17) is 4.74 Å². The van der Waals surface area contributed by atoms with E-state index in [-0.39, 0.29) is 11.4 Å². The summed E-state index contributed by atoms with van der Waals surface area (Å²) in [5.74, 6) is 0.614. The summed E-state index contributed by atoms with van der Waals surface area (Å²) in [6.45, 7) is 3.61. The zero-order chi connectivity index (χ0) is 18.6. The van der Waals surface area contributed by atoms with Crippen LogP contribution in [0.2, 0.25) is 0 Å². The van der Waals surface area contributed by atoms with E-state index in [1.54, 1.807) is 38.1 Å². The standard InChI is InChI=1S/C17H20N2O5S/c1-4-18(13(2)14-8-7-9-15(12-14)24-3)25(22,23)17-11-6-5-10-16(17)19(20)21/h5-13H,4H2,1-3H3. The Morgan fingerprint density at radius 1 is 1.20 bits per heavy atom. The molecule has 2 aromatic carbocycles. The van der Waals surface area contributed by atoms with Crippen molar-refractivity contribution in [3.05, 3.63) is 64.2 Å². The van der Waals surface area contributed by atoms with Gasteiger partial charge in [0.15, 0.2) is 4.90 Å². The lowest BCUT2D eigenvalue weighted by molar-refractivity contribution is -0.387. The van der Waals surface area contributed by atoms with Crippen LogP contribution in [-0.2, 0) is 10.0 Å². The van der Waals surface area contributed by atoms with Crippen LogP contribution in [0.25, 0.3) is 0 Å². The SMILES string of the molecule is CCN(C(C)c1cccc(OC)c1)S(=O)(=O)c1ccccc1[N+](=O)[O-]. The predicted octanol–water partition coefficient (Wildman–Crippen LogP) is 3.38. The fraction of sp³-hybridized carbons (Fsp3) is 0.294. The average Bonchev–Trinajstić information content (AvgIpc) is 2.62. The number of para-hydroxylation sites is 1. The minimum atomic E-state index is -4.04. The molecule has 0 fully saturated rings. The molecule has 25 heavy (non-hydrogen) atoms. The number of nitro groups is 1. The van der Waals surface area contributed by atoms with Gasteiger partial charge in [-0.15, -0.1) is 0 Å². The number of hydrogen-bond donors (Lipinski definition) is 0. The normalized spacial score (nSPS) is 12.8. The van der Waals surface area contributed by atoms with E-state index in [0.29, 0.717) is 5.75 Å². The van der Waals surface area contributed by atoms with Gasteiger partial charge in [0.2, 0.25) is 10.0 Å². The van der Waals surface area contributed by atoms with Gasteiger partial charge in [-0.1, -0.05) is 31.2 Å². The van der Waals surface area contributed by atoms with Gasteiger partial charge < -0.3 is 4.74 Å². The van der Waals surface area contributed by atoms with Crippen LogP contribution in [0.1, 0.15) is 25.5 Å². The van der Waals surface area contributed by atoms with Crippen molar-refractivity contribution < 1.29 is 18.1 Å². The van der Waals surface area contributed by atoms with Gasteiger partial charge in [0.05, 0.1) is 12.0 Å². The minimum Gasteiger partial charge on any atom is -0.497 e. The van der Waals surface area contributed by atoms with Crippen molar-refractivity contribution in [3.63, 3.8) is 0 Å². The van der Waals surface area contributed by atoms with Crippen LogP contribution < -0.4 is 4.74 Å². The highest BCUT2D eigenvalue weighted by Crippen LogP contribution is 2.32. The molecule has 1 atom stereocenters. The van der Waals surface area contributed by atoms with Crippen molar-refractivity contribution in [2.75, 3.05) is 13.7 Å². The van der Waals surface area contributed by atoms with Crippen LogP contribution in [0.15, 0.2) is 53.4 Å². The molecule has 0 saturated carbocycles. The maximum absolute atomic E-state index is 13.0. The first-order chi connectivity index (χ1) is 11.8. The molecule has 0 amide bonds. The molecule has 134 valence electrons. The molecule has 0 aliphatic heterocycles. The third kappa shape index (κ3) is 3.80. The summed E-state index contributed by atoms with van der Waals surface area (Å²) >= 11 is 0. The van der Waals surface area contributed by atoms with Crippen molar-refractivity contribution in [1.82, 2.24) is 4.31 Å². The van der Waals surface area contributed by atoms with Crippen LogP contribution in [0.4, 0.5) is 5.69 Å². The third-order valence-corrected chi connectivity index (χ3v) is 6.06. The lowest BCUT2D eigenvalue weighted by Gasteiger charge is -2.27. The summed E-state index contributed by atoms with van der Waals surface area (Å²) in [4.78, 5) is 10.2. The Labute approximate surface area is 147 Å². The highest BCUT2D eigenvalue weighted by molar-refractivity contribution is 7.89. The largest absolute Gasteiger partial charge is 0.497 e. The molecule has 2 rings (SSSR count). The molecule has 7 nitrogen and oxygen atoms in total. The lowest BCUT2D eigenvalue weighted by atomic mass is 10.1. The fourth-order valence-corrected chi connectivity index (χ4v) is 4.46. The molecule has 0 aromatic heterocycles. The van der Waals surface area contributed by atoms with E-state index in [1.165, 1.54) is 35.7 Å². The third-order valence-electron chi connectivity index (χ3n) is 3.97. The molecule has 0 heterocycles. The van der Waals surface area contributed by atoms with Gasteiger partial charge >= 0.3 is 0 Å². The monoisotopic (exact) mass is 364 g/mol. The highest BCUT2D eigenvalue weighted by Gasteiger charge is 2.33. The van der Waals surface area contributed by atoms with Crippen molar-refractivity contribution in [2.24, 2.45) is 0 Å². The molecule has 2 aromatic rings. The molecule has 0 N–H and O–H groups in total. The minimum absolute atomic E-state index is 0.173. The van der Waals surface area contributed by atoms with Crippen LogP contribution in [-0.4, -0.2) is 31.3 Å². The Morgan fingerprint density at radius 2 is 1.88 bits per heavy atom. The second kappa shape index (κ2) is 7.62. The summed E-state index contributed by atoms with van der Waals surface area (Å²) in [6.07, 6.45) is 0. The Hall–Kier alpha value is -2.45. The molecule has 0 radical (unpaired) electrons. The Kier molecular flexibility index (Phi) is 5.76. The predicted molar refractivity (Wildman–Crippen MR) is 94.1 cm³/mol. The van der Waals surface area contributed by atoms with Crippen LogP contribution >= 0.6 is 0 Å². The van der Waals surface area contributed by atoms with Gasteiger partial charge in [0.25, 0.3) is 5.69 Å². The fourth-order valence-electron chi connectivity index (χ4n) is 2.67. The smallest absolute Gasteiger partial charge is 0.289 e. The zero-order valence-electron chi connectivity index (χ0n) is 14.2. The zero-order valence-corrected chi connectivity index (χ0v) is 15.1. The second-order valence-electron chi connectivity index (χ2n) is 5.39. The molecule has 0 spiro atoms. The number of rotatable bonds is 7. The van der Waals surface area contributed by atoms with Crippen molar-refractivity contribution in [1.29, 1.82) is 0 Å². The van der Waals surface area contributed by atoms with E-state index in [2.05, 4.69) is 0 Å². The highest BCUT2D eigenvalue weighted by atomic mass is 32.2. The van der Waals surface area contributed by atoms with Gasteiger partial charge in [-0.2, -0.15) is 4.31 Å². The van der Waals surface area contributed by atoms with Crippen LogP contribution in [0.3, 0.4) is 0 Å². The molecule has 1 unspecified atom stereocenters. The average molecular weight is 364 g/mol. The van der Waals surface area contributed by atoms with Gasteiger partial charge in [-0.3, -0.25) is 10.1 Å². The van der Waals surface area contributed by atoms with E-state index < -0.39 is 26.7 Å². The van der Waals surface area contributed by atoms with E-state index >= 15 is 0 Å². The molecule has 0 aliphatic carbocycles. The number of benzene rings is 2.